The zero-order valence-corrected chi connectivity index (χ0v) is 7.30. The summed E-state index contributed by atoms with van der Waals surface area (Å²) in [6.07, 6.45) is 0. The minimum absolute atomic E-state index is 0.247. The van der Waals surface area contributed by atoms with Gasteiger partial charge in [-0.3, -0.25) is 0 Å². The number of hydrogen-bond donors (Lipinski definition) is 2. The van der Waals surface area contributed by atoms with Crippen molar-refractivity contribution >= 4 is 0 Å². The maximum absolute atomic E-state index is 9.01. The zero-order valence-electron chi connectivity index (χ0n) is 7.30. The van der Waals surface area contributed by atoms with Crippen molar-refractivity contribution in [2.45, 2.75) is 27.7 Å². The van der Waals surface area contributed by atoms with Crippen molar-refractivity contribution in [3.05, 3.63) is 23.0 Å². The lowest BCUT2D eigenvalue weighted by molar-refractivity contribution is 0.0619. The lowest BCUT2D eigenvalue weighted by Crippen LogP contribution is -1.95. The molecule has 64 valence electrons. The van der Waals surface area contributed by atoms with Crippen LogP contribution in [0.1, 0.15) is 27.7 Å². The van der Waals surface area contributed by atoms with Crippen LogP contribution in [-0.2, 0) is 4.74 Å². The van der Waals surface area contributed by atoms with Crippen LogP contribution in [0, 0.1) is 0 Å². The average Bonchev–Trinajstić information content (AvgIpc) is 1.87. The topological polar surface area (TPSA) is 49.7 Å². The molecule has 0 aromatic rings. The quantitative estimate of drug-likeness (QED) is 0.607. The highest BCUT2D eigenvalue weighted by Crippen LogP contribution is 2.08. The van der Waals surface area contributed by atoms with Crippen LogP contribution in [0.5, 0.6) is 0 Å². The van der Waals surface area contributed by atoms with Gasteiger partial charge in [0.1, 0.15) is 0 Å². The van der Waals surface area contributed by atoms with Crippen molar-refractivity contribution in [2.75, 3.05) is 0 Å². The molecule has 0 bridgehead atoms. The summed E-state index contributed by atoms with van der Waals surface area (Å²) in [4.78, 5) is 0. The molecule has 0 heterocycles. The smallest absolute Gasteiger partial charge is 0.283 e. The molecule has 11 heavy (non-hydrogen) atoms. The van der Waals surface area contributed by atoms with E-state index in [1.807, 2.05) is 0 Å². The number of aliphatic hydroxyl groups is 2. The minimum atomic E-state index is -0.247. The van der Waals surface area contributed by atoms with Gasteiger partial charge >= 0.3 is 0 Å². The minimum Gasteiger partial charge on any atom is -0.481 e. The fraction of sp³-hybridized carbons (Fsp3) is 0.500. The molecule has 3 heteroatoms. The van der Waals surface area contributed by atoms with Crippen LogP contribution in [0.15, 0.2) is 23.0 Å². The molecule has 2 N–H and O–H groups in total. The molecule has 0 rings (SSSR count). The van der Waals surface area contributed by atoms with E-state index in [1.165, 1.54) is 0 Å². The molecule has 0 saturated carbocycles. The first-order valence-electron chi connectivity index (χ1n) is 3.36. The van der Waals surface area contributed by atoms with Crippen molar-refractivity contribution < 1.29 is 14.9 Å². The van der Waals surface area contributed by atoms with E-state index in [0.29, 0.717) is 11.1 Å². The molecule has 0 aliphatic heterocycles. The maximum Gasteiger partial charge on any atom is 0.283 e. The summed E-state index contributed by atoms with van der Waals surface area (Å²) in [6, 6.07) is 0. The lowest BCUT2D eigenvalue weighted by atomic mass is 10.4. The van der Waals surface area contributed by atoms with Gasteiger partial charge in [-0.15, -0.1) is 0 Å². The van der Waals surface area contributed by atoms with E-state index >= 15 is 0 Å². The molecular weight excluding hydrogens is 144 g/mol. The van der Waals surface area contributed by atoms with Crippen LogP contribution in [0.4, 0.5) is 0 Å². The Morgan fingerprint density at radius 1 is 0.818 bits per heavy atom. The Bertz CT molecular complexity index is 171. The molecule has 0 unspecified atom stereocenters. The van der Waals surface area contributed by atoms with Gasteiger partial charge in [-0.1, -0.05) is 0 Å². The standard InChI is InChI=1S/C8H14O3/c1-5(2)7(9)11-8(10)6(3)4/h9-10H,1-4H3. The Morgan fingerprint density at radius 3 is 1.27 bits per heavy atom. The van der Waals surface area contributed by atoms with E-state index in [0.717, 1.165) is 0 Å². The first-order valence-corrected chi connectivity index (χ1v) is 3.36. The molecule has 0 aliphatic rings. The van der Waals surface area contributed by atoms with E-state index in [2.05, 4.69) is 4.74 Å². The van der Waals surface area contributed by atoms with Gasteiger partial charge in [-0.05, 0) is 27.7 Å². The summed E-state index contributed by atoms with van der Waals surface area (Å²) in [5, 5.41) is 18.0. The largest absolute Gasteiger partial charge is 0.481 e. The molecule has 0 aromatic heterocycles. The third kappa shape index (κ3) is 3.55. The molecule has 3 nitrogen and oxygen atoms in total. The highest BCUT2D eigenvalue weighted by Gasteiger charge is 2.01. The molecule has 0 aliphatic carbocycles. The lowest BCUT2D eigenvalue weighted by Gasteiger charge is -2.04. The number of aliphatic hydroxyl groups excluding tert-OH is 2. The molecule has 0 aromatic carbocycles. The average molecular weight is 158 g/mol. The number of rotatable bonds is 2. The van der Waals surface area contributed by atoms with Gasteiger partial charge in [0.25, 0.3) is 11.9 Å². The summed E-state index contributed by atoms with van der Waals surface area (Å²) >= 11 is 0. The second kappa shape index (κ2) is 3.91. The van der Waals surface area contributed by atoms with Gasteiger partial charge in [-0.25, -0.2) is 0 Å². The predicted molar refractivity (Wildman–Crippen MR) is 43.1 cm³/mol. The highest BCUT2D eigenvalue weighted by atomic mass is 16.7. The normalized spacial score (nSPS) is 8.73. The van der Waals surface area contributed by atoms with Gasteiger partial charge in [-0.2, -0.15) is 0 Å². The van der Waals surface area contributed by atoms with Crippen LogP contribution >= 0.6 is 0 Å². The van der Waals surface area contributed by atoms with Gasteiger partial charge in [0.2, 0.25) is 0 Å². The summed E-state index contributed by atoms with van der Waals surface area (Å²) in [6.45, 7) is 6.75. The SMILES string of the molecule is CC(C)=C(O)OC(O)=C(C)C. The Morgan fingerprint density at radius 2 is 1.09 bits per heavy atom. The molecule has 0 radical (unpaired) electrons. The summed E-state index contributed by atoms with van der Waals surface area (Å²) < 4.78 is 4.64. The first-order chi connectivity index (χ1) is 4.95. The summed E-state index contributed by atoms with van der Waals surface area (Å²) in [5.41, 5.74) is 1.25. The van der Waals surface area contributed by atoms with Crippen LogP contribution in [-0.4, -0.2) is 10.2 Å². The third-order valence-corrected chi connectivity index (χ3v) is 1.05. The van der Waals surface area contributed by atoms with Crippen molar-refractivity contribution in [3.63, 3.8) is 0 Å². The molecule has 0 fully saturated rings. The predicted octanol–water partition coefficient (Wildman–Crippen LogP) is 2.62. The van der Waals surface area contributed by atoms with E-state index < -0.39 is 0 Å². The van der Waals surface area contributed by atoms with E-state index in [9.17, 15) is 0 Å². The van der Waals surface area contributed by atoms with Gasteiger partial charge in [0.15, 0.2) is 0 Å². The van der Waals surface area contributed by atoms with Crippen LogP contribution in [0.25, 0.3) is 0 Å². The van der Waals surface area contributed by atoms with Crippen LogP contribution in [0.2, 0.25) is 0 Å². The third-order valence-electron chi connectivity index (χ3n) is 1.05. The van der Waals surface area contributed by atoms with E-state index in [1.54, 1.807) is 27.7 Å². The van der Waals surface area contributed by atoms with Crippen LogP contribution in [0.3, 0.4) is 0 Å². The molecule has 0 atom stereocenters. The molecule has 0 saturated heterocycles. The Kier molecular flexibility index (Phi) is 3.51. The van der Waals surface area contributed by atoms with E-state index in [4.69, 9.17) is 10.2 Å². The van der Waals surface area contributed by atoms with Gasteiger partial charge in [0, 0.05) is 11.1 Å². The number of allylic oxidation sites excluding steroid dienone is 2. The van der Waals surface area contributed by atoms with Crippen molar-refractivity contribution in [1.82, 2.24) is 0 Å². The fourth-order valence-corrected chi connectivity index (χ4v) is 0.296. The molecule has 0 spiro atoms. The first kappa shape index (κ1) is 9.88. The van der Waals surface area contributed by atoms with Crippen molar-refractivity contribution in [1.29, 1.82) is 0 Å². The Labute approximate surface area is 66.6 Å². The number of hydrogen-bond acceptors (Lipinski definition) is 3. The summed E-state index contributed by atoms with van der Waals surface area (Å²) in [7, 11) is 0. The van der Waals surface area contributed by atoms with Crippen molar-refractivity contribution in [3.8, 4) is 0 Å². The number of ether oxygens (including phenoxy) is 1. The Balaban J connectivity index is 4.30. The van der Waals surface area contributed by atoms with Crippen LogP contribution < -0.4 is 0 Å². The van der Waals surface area contributed by atoms with Gasteiger partial charge < -0.3 is 14.9 Å². The molecule has 0 amide bonds. The Hall–Kier alpha value is -1.12. The maximum atomic E-state index is 9.01. The monoisotopic (exact) mass is 158 g/mol. The van der Waals surface area contributed by atoms with Crippen molar-refractivity contribution in [2.24, 2.45) is 0 Å². The second-order valence-electron chi connectivity index (χ2n) is 2.71. The molecular formula is C8H14O3. The fourth-order valence-electron chi connectivity index (χ4n) is 0.296. The summed E-state index contributed by atoms with van der Waals surface area (Å²) in [5.74, 6) is -0.493. The zero-order chi connectivity index (χ0) is 9.02. The van der Waals surface area contributed by atoms with E-state index in [-0.39, 0.29) is 11.9 Å². The highest BCUT2D eigenvalue weighted by molar-refractivity contribution is 5.00. The van der Waals surface area contributed by atoms with Gasteiger partial charge in [0.05, 0.1) is 0 Å². The second-order valence-corrected chi connectivity index (χ2v) is 2.71.